The summed E-state index contributed by atoms with van der Waals surface area (Å²) in [4.78, 5) is 14.9. The lowest BCUT2D eigenvalue weighted by molar-refractivity contribution is 0.0693. The monoisotopic (exact) mass is 237 g/mol. The smallest absolute Gasteiger partial charge is 0.276 e. The first-order chi connectivity index (χ1) is 8.19. The van der Waals surface area contributed by atoms with Crippen LogP contribution in [0, 0.1) is 11.3 Å². The van der Waals surface area contributed by atoms with Crippen LogP contribution in [0.15, 0.2) is 6.20 Å². The Morgan fingerprint density at radius 2 is 2.41 bits per heavy atom. The number of nitrogens with zero attached hydrogens (tertiary/aromatic N) is 5. The van der Waals surface area contributed by atoms with Crippen molar-refractivity contribution in [1.82, 2.24) is 19.9 Å². The van der Waals surface area contributed by atoms with Crippen LogP contribution in [-0.4, -0.2) is 52.6 Å². The number of amides is 1. The van der Waals surface area contributed by atoms with Crippen LogP contribution in [0.1, 0.15) is 16.9 Å². The van der Waals surface area contributed by atoms with Crippen LogP contribution in [0.4, 0.5) is 0 Å². The molecule has 1 aromatic rings. The lowest BCUT2D eigenvalue weighted by Crippen LogP contribution is -2.35. The minimum Gasteiger partial charge on any atom is -0.383 e. The van der Waals surface area contributed by atoms with Crippen LogP contribution in [0.25, 0.3) is 0 Å². The maximum atomic E-state index is 12.0. The average molecular weight is 237 g/mol. The van der Waals surface area contributed by atoms with Gasteiger partial charge in [0.15, 0.2) is 5.69 Å². The lowest BCUT2D eigenvalue weighted by atomic mass is 10.3. The maximum Gasteiger partial charge on any atom is 0.276 e. The number of ether oxygens (including phenoxy) is 1. The molecule has 7 heteroatoms. The Hall–Kier alpha value is -1.94. The molecule has 0 aliphatic heterocycles. The quantitative estimate of drug-likeness (QED) is 0.685. The van der Waals surface area contributed by atoms with E-state index >= 15 is 0 Å². The highest BCUT2D eigenvalue weighted by atomic mass is 16.5. The first-order valence-corrected chi connectivity index (χ1v) is 5.20. The molecule has 0 saturated heterocycles. The standard InChI is InChI=1S/C10H15N5O2/c1-14-12-8-9(13-14)10(16)15(5-3-4-11)6-7-17-2/h8H,3,5-7H2,1-2H3. The van der Waals surface area contributed by atoms with Gasteiger partial charge in [0.2, 0.25) is 0 Å². The van der Waals surface area contributed by atoms with Gasteiger partial charge in [-0.3, -0.25) is 4.79 Å². The fourth-order valence-corrected chi connectivity index (χ4v) is 1.31. The third-order valence-corrected chi connectivity index (χ3v) is 2.16. The Balaban J connectivity index is 2.68. The van der Waals surface area contributed by atoms with E-state index < -0.39 is 0 Å². The summed E-state index contributed by atoms with van der Waals surface area (Å²) in [6.07, 6.45) is 1.70. The van der Waals surface area contributed by atoms with Gasteiger partial charge in [-0.25, -0.2) is 0 Å². The Labute approximate surface area is 99.6 Å². The molecule has 0 saturated carbocycles. The van der Waals surface area contributed by atoms with E-state index in [9.17, 15) is 4.79 Å². The largest absolute Gasteiger partial charge is 0.383 e. The highest BCUT2D eigenvalue weighted by Crippen LogP contribution is 2.01. The first kappa shape index (κ1) is 13.1. The number of aromatic nitrogens is 3. The van der Waals surface area contributed by atoms with Crippen LogP contribution >= 0.6 is 0 Å². The average Bonchev–Trinajstić information content (AvgIpc) is 2.75. The van der Waals surface area contributed by atoms with Gasteiger partial charge < -0.3 is 9.64 Å². The third-order valence-electron chi connectivity index (χ3n) is 2.16. The van der Waals surface area contributed by atoms with Crippen molar-refractivity contribution in [1.29, 1.82) is 5.26 Å². The van der Waals surface area contributed by atoms with E-state index in [4.69, 9.17) is 10.00 Å². The molecule has 0 spiro atoms. The Morgan fingerprint density at radius 1 is 1.65 bits per heavy atom. The van der Waals surface area contributed by atoms with E-state index in [1.165, 1.54) is 15.9 Å². The molecule has 1 aromatic heterocycles. The molecule has 0 bridgehead atoms. The molecule has 0 aliphatic rings. The molecule has 0 fully saturated rings. The second kappa shape index (κ2) is 6.60. The second-order valence-corrected chi connectivity index (χ2v) is 3.41. The van der Waals surface area contributed by atoms with E-state index in [2.05, 4.69) is 10.2 Å². The SMILES string of the molecule is COCCN(CCC#N)C(=O)c1cnn(C)n1. The zero-order valence-corrected chi connectivity index (χ0v) is 9.96. The normalized spacial score (nSPS) is 9.94. The molecule has 17 heavy (non-hydrogen) atoms. The van der Waals surface area contributed by atoms with Gasteiger partial charge in [-0.15, -0.1) is 5.10 Å². The molecule has 0 aromatic carbocycles. The Kier molecular flexibility index (Phi) is 5.10. The Morgan fingerprint density at radius 3 is 2.94 bits per heavy atom. The van der Waals surface area contributed by atoms with E-state index in [0.29, 0.717) is 19.7 Å². The summed E-state index contributed by atoms with van der Waals surface area (Å²) in [6.45, 7) is 1.24. The molecule has 1 rings (SSSR count). The summed E-state index contributed by atoms with van der Waals surface area (Å²) in [5.41, 5.74) is 0.279. The highest BCUT2D eigenvalue weighted by Gasteiger charge is 2.18. The molecule has 0 unspecified atom stereocenters. The van der Waals surface area contributed by atoms with Crippen molar-refractivity contribution in [2.24, 2.45) is 7.05 Å². The van der Waals surface area contributed by atoms with E-state index in [1.54, 1.807) is 14.2 Å². The minimum absolute atomic E-state index is 0.231. The topological polar surface area (TPSA) is 84.0 Å². The summed E-state index contributed by atoms with van der Waals surface area (Å²) in [6, 6.07) is 2.01. The van der Waals surface area contributed by atoms with Gasteiger partial charge in [-0.05, 0) is 0 Å². The van der Waals surface area contributed by atoms with Gasteiger partial charge in [-0.2, -0.15) is 15.2 Å². The van der Waals surface area contributed by atoms with E-state index in [-0.39, 0.29) is 18.0 Å². The molecule has 0 atom stereocenters. The molecule has 0 radical (unpaired) electrons. The maximum absolute atomic E-state index is 12.0. The van der Waals surface area contributed by atoms with Crippen molar-refractivity contribution in [3.63, 3.8) is 0 Å². The third kappa shape index (κ3) is 3.85. The van der Waals surface area contributed by atoms with Crippen molar-refractivity contribution < 1.29 is 9.53 Å². The second-order valence-electron chi connectivity index (χ2n) is 3.41. The number of carbonyl (C=O) groups is 1. The summed E-state index contributed by atoms with van der Waals surface area (Å²) >= 11 is 0. The van der Waals surface area contributed by atoms with E-state index in [1.807, 2.05) is 6.07 Å². The summed E-state index contributed by atoms with van der Waals surface area (Å²) in [7, 11) is 3.21. The fraction of sp³-hybridized carbons (Fsp3) is 0.600. The molecular weight excluding hydrogens is 222 g/mol. The summed E-state index contributed by atoms with van der Waals surface area (Å²) < 4.78 is 4.93. The van der Waals surface area contributed by atoms with Crippen LogP contribution in [0.3, 0.4) is 0 Å². The number of hydrogen-bond donors (Lipinski definition) is 0. The van der Waals surface area contributed by atoms with Gasteiger partial charge >= 0.3 is 0 Å². The number of hydrogen-bond acceptors (Lipinski definition) is 5. The van der Waals surface area contributed by atoms with Gasteiger partial charge in [0.05, 0.1) is 25.3 Å². The molecule has 7 nitrogen and oxygen atoms in total. The van der Waals surface area contributed by atoms with Crippen LogP contribution in [0.2, 0.25) is 0 Å². The van der Waals surface area contributed by atoms with Crippen molar-refractivity contribution in [2.75, 3.05) is 26.8 Å². The van der Waals surface area contributed by atoms with Crippen molar-refractivity contribution in [2.45, 2.75) is 6.42 Å². The van der Waals surface area contributed by atoms with Crippen molar-refractivity contribution in [3.05, 3.63) is 11.9 Å². The highest BCUT2D eigenvalue weighted by molar-refractivity contribution is 5.91. The summed E-state index contributed by atoms with van der Waals surface area (Å²) in [5, 5.41) is 16.3. The molecule has 92 valence electrons. The molecule has 1 amide bonds. The van der Waals surface area contributed by atoms with Crippen LogP contribution < -0.4 is 0 Å². The van der Waals surface area contributed by atoms with Crippen molar-refractivity contribution >= 4 is 5.91 Å². The number of methoxy groups -OCH3 is 1. The van der Waals surface area contributed by atoms with Gasteiger partial charge in [-0.1, -0.05) is 0 Å². The van der Waals surface area contributed by atoms with Crippen LogP contribution in [-0.2, 0) is 11.8 Å². The lowest BCUT2D eigenvalue weighted by Gasteiger charge is -2.19. The van der Waals surface area contributed by atoms with Gasteiger partial charge in [0.1, 0.15) is 0 Å². The molecule has 1 heterocycles. The molecule has 0 aliphatic carbocycles. The molecular formula is C10H15N5O2. The minimum atomic E-state index is -0.231. The summed E-state index contributed by atoms with van der Waals surface area (Å²) in [5.74, 6) is -0.231. The zero-order valence-electron chi connectivity index (χ0n) is 9.96. The number of aryl methyl sites for hydroxylation is 1. The first-order valence-electron chi connectivity index (χ1n) is 5.20. The Bertz CT molecular complexity index is 409. The van der Waals surface area contributed by atoms with E-state index in [0.717, 1.165) is 0 Å². The van der Waals surface area contributed by atoms with Gasteiger partial charge in [0.25, 0.3) is 5.91 Å². The predicted octanol–water partition coefficient (Wildman–Crippen LogP) is -0.183. The molecule has 0 N–H and O–H groups in total. The van der Waals surface area contributed by atoms with Gasteiger partial charge in [0, 0.05) is 27.2 Å². The van der Waals surface area contributed by atoms with Crippen LogP contribution in [0.5, 0.6) is 0 Å². The predicted molar refractivity (Wildman–Crippen MR) is 59.0 cm³/mol. The number of carbonyl (C=O) groups excluding carboxylic acids is 1. The van der Waals surface area contributed by atoms with Crippen molar-refractivity contribution in [3.8, 4) is 6.07 Å². The zero-order chi connectivity index (χ0) is 12.7. The fourth-order valence-electron chi connectivity index (χ4n) is 1.31. The number of rotatable bonds is 6. The number of nitriles is 1.